The monoisotopic (exact) mass is 241 g/mol. The average Bonchev–Trinajstić information content (AvgIpc) is 3.07. The Labute approximate surface area is 105 Å². The molecule has 1 N–H and O–H groups in total. The van der Waals surface area contributed by atoms with E-state index in [9.17, 15) is 4.79 Å². The largest absolute Gasteiger partial charge is 0.365 e. The predicted molar refractivity (Wildman–Crippen MR) is 71.8 cm³/mol. The van der Waals surface area contributed by atoms with Gasteiger partial charge in [0.2, 0.25) is 0 Å². The molecule has 4 heteroatoms. The summed E-state index contributed by atoms with van der Waals surface area (Å²) in [6.07, 6.45) is 0. The molecule has 1 atom stereocenters. The summed E-state index contributed by atoms with van der Waals surface area (Å²) in [5.74, 6) is 0. The molecule has 0 amide bonds. The van der Waals surface area contributed by atoms with Crippen LogP contribution in [0.4, 0.5) is 5.69 Å². The second-order valence-electron chi connectivity index (χ2n) is 4.81. The summed E-state index contributed by atoms with van der Waals surface area (Å²) in [5.41, 5.74) is 4.18. The number of aryl methyl sites for hydroxylation is 1. The zero-order valence-electron chi connectivity index (χ0n) is 10.5. The van der Waals surface area contributed by atoms with Gasteiger partial charge >= 0.3 is 0 Å². The lowest BCUT2D eigenvalue weighted by atomic mass is 10.1. The fourth-order valence-corrected chi connectivity index (χ4v) is 2.22. The highest BCUT2D eigenvalue weighted by atomic mass is 16.1. The first kappa shape index (κ1) is 11.0. The van der Waals surface area contributed by atoms with Gasteiger partial charge in [-0.15, -0.1) is 0 Å². The Balaban J connectivity index is 1.97. The van der Waals surface area contributed by atoms with Gasteiger partial charge in [-0.1, -0.05) is 6.07 Å². The Morgan fingerprint density at radius 2 is 2.11 bits per heavy atom. The first-order valence-electron chi connectivity index (χ1n) is 6.08. The number of benzene rings is 1. The van der Waals surface area contributed by atoms with E-state index in [1.54, 1.807) is 6.07 Å². The van der Waals surface area contributed by atoms with Crippen molar-refractivity contribution in [2.45, 2.75) is 19.9 Å². The fraction of sp³-hybridized carbons (Fsp3) is 0.286. The highest BCUT2D eigenvalue weighted by Gasteiger charge is 2.30. The highest BCUT2D eigenvalue weighted by molar-refractivity contribution is 5.68. The summed E-state index contributed by atoms with van der Waals surface area (Å²) in [4.78, 5) is 13.3. The van der Waals surface area contributed by atoms with E-state index in [1.165, 1.54) is 17.3 Å². The summed E-state index contributed by atoms with van der Waals surface area (Å²) >= 11 is 0. The van der Waals surface area contributed by atoms with Crippen LogP contribution in [-0.4, -0.2) is 22.8 Å². The van der Waals surface area contributed by atoms with Crippen LogP contribution < -0.4 is 10.5 Å². The molecule has 1 aromatic carbocycles. The second kappa shape index (κ2) is 3.98. The first-order chi connectivity index (χ1) is 8.65. The Morgan fingerprint density at radius 1 is 1.33 bits per heavy atom. The van der Waals surface area contributed by atoms with Crippen molar-refractivity contribution in [3.05, 3.63) is 46.2 Å². The van der Waals surface area contributed by atoms with Gasteiger partial charge in [0.05, 0.1) is 5.69 Å². The van der Waals surface area contributed by atoms with Crippen LogP contribution in [0.15, 0.2) is 35.1 Å². The first-order valence-corrected chi connectivity index (χ1v) is 6.08. The molecule has 0 bridgehead atoms. The molecule has 2 heterocycles. The van der Waals surface area contributed by atoms with Crippen LogP contribution in [0.3, 0.4) is 0 Å². The number of aromatic amines is 1. The summed E-state index contributed by atoms with van der Waals surface area (Å²) in [6, 6.07) is 10.2. The molecule has 1 aromatic heterocycles. The topological polar surface area (TPSA) is 48.8 Å². The normalized spacial score (nSPS) is 17.9. The zero-order chi connectivity index (χ0) is 12.7. The van der Waals surface area contributed by atoms with Crippen LogP contribution >= 0.6 is 0 Å². The van der Waals surface area contributed by atoms with Gasteiger partial charge in [-0.3, -0.25) is 4.79 Å². The number of rotatable bonds is 2. The molecule has 1 aliphatic heterocycles. The maximum Gasteiger partial charge on any atom is 0.264 e. The highest BCUT2D eigenvalue weighted by Crippen LogP contribution is 2.32. The van der Waals surface area contributed by atoms with Gasteiger partial charge in [0, 0.05) is 29.9 Å². The van der Waals surface area contributed by atoms with Crippen molar-refractivity contribution in [1.29, 1.82) is 0 Å². The molecular weight excluding hydrogens is 226 g/mol. The molecular formula is C14H15N3O. The van der Waals surface area contributed by atoms with E-state index in [0.29, 0.717) is 6.04 Å². The Hall–Kier alpha value is -2.10. The lowest BCUT2D eigenvalue weighted by molar-refractivity contribution is 0.995. The Morgan fingerprint density at radius 3 is 2.67 bits per heavy atom. The third-order valence-corrected chi connectivity index (χ3v) is 3.34. The smallest absolute Gasteiger partial charge is 0.264 e. The van der Waals surface area contributed by atoms with Crippen LogP contribution in [0.5, 0.6) is 0 Å². The number of nitrogens with zero attached hydrogens (tertiary/aromatic N) is 2. The van der Waals surface area contributed by atoms with Crippen molar-refractivity contribution < 1.29 is 0 Å². The van der Waals surface area contributed by atoms with E-state index in [2.05, 4.69) is 41.1 Å². The van der Waals surface area contributed by atoms with Crippen LogP contribution in [0.25, 0.3) is 11.3 Å². The maximum atomic E-state index is 11.0. The maximum absolute atomic E-state index is 11.0. The number of H-pyrrole nitrogens is 1. The lowest BCUT2D eigenvalue weighted by Crippen LogP contribution is -2.05. The van der Waals surface area contributed by atoms with Crippen LogP contribution in [0, 0.1) is 6.92 Å². The van der Waals surface area contributed by atoms with Gasteiger partial charge < -0.3 is 4.90 Å². The second-order valence-corrected chi connectivity index (χ2v) is 4.81. The van der Waals surface area contributed by atoms with Gasteiger partial charge in [0.1, 0.15) is 0 Å². The quantitative estimate of drug-likeness (QED) is 0.818. The number of hydrogen-bond acceptors (Lipinski definition) is 3. The van der Waals surface area contributed by atoms with Gasteiger partial charge in [-0.05, 0) is 37.6 Å². The van der Waals surface area contributed by atoms with E-state index in [0.717, 1.165) is 17.8 Å². The summed E-state index contributed by atoms with van der Waals surface area (Å²) in [7, 11) is 0. The number of nitrogens with one attached hydrogen (secondary N) is 1. The minimum absolute atomic E-state index is 0.176. The van der Waals surface area contributed by atoms with Crippen LogP contribution in [-0.2, 0) is 0 Å². The third-order valence-electron chi connectivity index (χ3n) is 3.34. The van der Waals surface area contributed by atoms with E-state index < -0.39 is 0 Å². The Kier molecular flexibility index (Phi) is 2.44. The summed E-state index contributed by atoms with van der Waals surface area (Å²) in [6.45, 7) is 5.46. The van der Waals surface area contributed by atoms with Gasteiger partial charge in [-0.25, -0.2) is 5.10 Å². The minimum Gasteiger partial charge on any atom is -0.365 e. The van der Waals surface area contributed by atoms with E-state index in [-0.39, 0.29) is 5.56 Å². The van der Waals surface area contributed by atoms with Crippen LogP contribution in [0.1, 0.15) is 12.5 Å². The summed E-state index contributed by atoms with van der Waals surface area (Å²) in [5, 5.41) is 6.50. The van der Waals surface area contributed by atoms with E-state index in [4.69, 9.17) is 0 Å². The molecule has 1 unspecified atom stereocenters. The van der Waals surface area contributed by atoms with Crippen LogP contribution in [0.2, 0.25) is 0 Å². The average molecular weight is 241 g/mol. The molecule has 0 spiro atoms. The van der Waals surface area contributed by atoms with Crippen molar-refractivity contribution in [2.75, 3.05) is 11.4 Å². The molecule has 4 nitrogen and oxygen atoms in total. The molecule has 1 saturated heterocycles. The van der Waals surface area contributed by atoms with Crippen molar-refractivity contribution in [2.24, 2.45) is 0 Å². The lowest BCUT2D eigenvalue weighted by Gasteiger charge is -2.10. The predicted octanol–water partition coefficient (Wildman–Crippen LogP) is 1.95. The standard InChI is InChI=1S/C14H15N3O/c1-9-7-11(12-4-6-14(18)16-15-12)3-5-13(9)17-8-10(17)2/h3-7,10H,8H2,1-2H3,(H,16,18). The van der Waals surface area contributed by atoms with E-state index >= 15 is 0 Å². The SMILES string of the molecule is Cc1cc(-c2ccc(=O)[nH]n2)ccc1N1CC1C. The number of aromatic nitrogens is 2. The summed E-state index contributed by atoms with van der Waals surface area (Å²) < 4.78 is 0. The fourth-order valence-electron chi connectivity index (χ4n) is 2.22. The minimum atomic E-state index is -0.176. The third kappa shape index (κ3) is 1.90. The van der Waals surface area contributed by atoms with Crippen molar-refractivity contribution in [3.63, 3.8) is 0 Å². The molecule has 0 aliphatic carbocycles. The molecule has 0 saturated carbocycles. The Bertz CT molecular complexity index is 627. The van der Waals surface area contributed by atoms with Crippen molar-refractivity contribution in [1.82, 2.24) is 10.2 Å². The molecule has 1 aliphatic rings. The molecule has 2 aromatic rings. The molecule has 18 heavy (non-hydrogen) atoms. The molecule has 92 valence electrons. The molecule has 0 radical (unpaired) electrons. The van der Waals surface area contributed by atoms with Gasteiger partial charge in [0.15, 0.2) is 0 Å². The van der Waals surface area contributed by atoms with Gasteiger partial charge in [-0.2, -0.15) is 5.10 Å². The van der Waals surface area contributed by atoms with Gasteiger partial charge in [0.25, 0.3) is 5.56 Å². The molecule has 3 rings (SSSR count). The zero-order valence-corrected chi connectivity index (χ0v) is 10.5. The van der Waals surface area contributed by atoms with Crippen molar-refractivity contribution >= 4 is 5.69 Å². The van der Waals surface area contributed by atoms with Crippen molar-refractivity contribution in [3.8, 4) is 11.3 Å². The number of hydrogen-bond donors (Lipinski definition) is 1. The number of anilines is 1. The molecule has 1 fully saturated rings. The van der Waals surface area contributed by atoms with E-state index in [1.807, 2.05) is 6.07 Å².